The summed E-state index contributed by atoms with van der Waals surface area (Å²) in [5.74, 6) is 0.00402. The van der Waals surface area contributed by atoms with Crippen LogP contribution < -0.4 is 0 Å². The number of nitrogens with zero attached hydrogens (tertiary/aromatic N) is 3. The number of hydrogen-bond acceptors (Lipinski definition) is 3. The molecule has 2 aromatic rings. The number of carbonyl (C=O) groups is 1. The summed E-state index contributed by atoms with van der Waals surface area (Å²) in [5.41, 5.74) is 1.71. The maximum Gasteiger partial charge on any atom is 0.254 e. The third-order valence-corrected chi connectivity index (χ3v) is 5.03. The average Bonchev–Trinajstić information content (AvgIpc) is 2.61. The van der Waals surface area contributed by atoms with Crippen LogP contribution in [0, 0.1) is 0 Å². The minimum atomic E-state index is 0.00402. The third-order valence-electron chi connectivity index (χ3n) is 4.48. The molecule has 126 valence electrons. The first-order valence-corrected chi connectivity index (χ1v) is 8.71. The fourth-order valence-corrected chi connectivity index (χ4v) is 3.51. The molecule has 1 aliphatic rings. The van der Waals surface area contributed by atoms with Crippen LogP contribution in [-0.4, -0.2) is 46.9 Å². The first-order valence-electron chi connectivity index (χ1n) is 7.95. The molecule has 1 amide bonds. The summed E-state index contributed by atoms with van der Waals surface area (Å²) in [4.78, 5) is 20.7. The number of hydrogen-bond donors (Lipinski definition) is 0. The number of carbonyl (C=O) groups excluding carboxylic acids is 1. The SMILES string of the molecule is CC(c1ccccc1Cl)N1CCN(C(=O)c2ccnc(Cl)c2)CC1. The highest BCUT2D eigenvalue weighted by Crippen LogP contribution is 2.28. The third kappa shape index (κ3) is 3.72. The lowest BCUT2D eigenvalue weighted by Gasteiger charge is -2.38. The van der Waals surface area contributed by atoms with Gasteiger partial charge in [-0.1, -0.05) is 41.4 Å². The second-order valence-corrected chi connectivity index (χ2v) is 6.69. The van der Waals surface area contributed by atoms with Crippen molar-refractivity contribution in [1.82, 2.24) is 14.8 Å². The second kappa shape index (κ2) is 7.51. The van der Waals surface area contributed by atoms with E-state index in [0.717, 1.165) is 23.7 Å². The van der Waals surface area contributed by atoms with Gasteiger partial charge in [-0.15, -0.1) is 0 Å². The molecular weight excluding hydrogens is 345 g/mol. The zero-order valence-electron chi connectivity index (χ0n) is 13.5. The zero-order valence-corrected chi connectivity index (χ0v) is 15.0. The molecule has 1 atom stereocenters. The summed E-state index contributed by atoms with van der Waals surface area (Å²) in [5, 5.41) is 1.13. The van der Waals surface area contributed by atoms with E-state index in [-0.39, 0.29) is 11.9 Å². The van der Waals surface area contributed by atoms with Crippen LogP contribution in [0.15, 0.2) is 42.6 Å². The summed E-state index contributed by atoms with van der Waals surface area (Å²) in [6.07, 6.45) is 1.56. The van der Waals surface area contributed by atoms with Crippen LogP contribution in [0.25, 0.3) is 0 Å². The van der Waals surface area contributed by atoms with Crippen molar-refractivity contribution in [1.29, 1.82) is 0 Å². The van der Waals surface area contributed by atoms with Crippen LogP contribution in [0.1, 0.15) is 28.9 Å². The number of amides is 1. The number of aromatic nitrogens is 1. The van der Waals surface area contributed by atoms with Gasteiger partial charge in [-0.3, -0.25) is 9.69 Å². The van der Waals surface area contributed by atoms with E-state index in [0.29, 0.717) is 23.8 Å². The molecule has 0 bridgehead atoms. The number of benzene rings is 1. The molecule has 1 aliphatic heterocycles. The van der Waals surface area contributed by atoms with Gasteiger partial charge in [0.25, 0.3) is 5.91 Å². The van der Waals surface area contributed by atoms with Crippen molar-refractivity contribution in [2.75, 3.05) is 26.2 Å². The largest absolute Gasteiger partial charge is 0.336 e. The minimum Gasteiger partial charge on any atom is -0.336 e. The standard InChI is InChI=1S/C18H19Cl2N3O/c1-13(15-4-2-3-5-16(15)19)22-8-10-23(11-9-22)18(24)14-6-7-21-17(20)12-14/h2-7,12-13H,8-11H2,1H3. The predicted octanol–water partition coefficient (Wildman–Crippen LogP) is 3.91. The van der Waals surface area contributed by atoms with Crippen molar-refractivity contribution < 1.29 is 4.79 Å². The van der Waals surface area contributed by atoms with Gasteiger partial charge in [-0.25, -0.2) is 4.98 Å². The van der Waals surface area contributed by atoms with Crippen molar-refractivity contribution in [3.63, 3.8) is 0 Å². The van der Waals surface area contributed by atoms with E-state index >= 15 is 0 Å². The number of rotatable bonds is 3. The molecule has 24 heavy (non-hydrogen) atoms. The van der Waals surface area contributed by atoms with E-state index in [1.54, 1.807) is 18.3 Å². The highest BCUT2D eigenvalue weighted by Gasteiger charge is 2.26. The topological polar surface area (TPSA) is 36.4 Å². The molecule has 0 aliphatic carbocycles. The Morgan fingerprint density at radius 2 is 1.83 bits per heavy atom. The van der Waals surface area contributed by atoms with Crippen molar-refractivity contribution in [3.8, 4) is 0 Å². The van der Waals surface area contributed by atoms with Crippen LogP contribution in [0.5, 0.6) is 0 Å². The van der Waals surface area contributed by atoms with Crippen LogP contribution in [0.3, 0.4) is 0 Å². The molecule has 0 radical (unpaired) electrons. The zero-order chi connectivity index (χ0) is 17.1. The quantitative estimate of drug-likeness (QED) is 0.775. The fourth-order valence-electron chi connectivity index (χ4n) is 3.04. The first kappa shape index (κ1) is 17.2. The molecule has 6 heteroatoms. The van der Waals surface area contributed by atoms with E-state index in [1.807, 2.05) is 23.1 Å². The Hall–Kier alpha value is -1.62. The number of halogens is 2. The molecule has 4 nitrogen and oxygen atoms in total. The van der Waals surface area contributed by atoms with Gasteiger partial charge >= 0.3 is 0 Å². The van der Waals surface area contributed by atoms with Gasteiger partial charge in [0.2, 0.25) is 0 Å². The molecule has 1 fully saturated rings. The maximum atomic E-state index is 12.6. The number of pyridine rings is 1. The highest BCUT2D eigenvalue weighted by molar-refractivity contribution is 6.31. The molecule has 1 aromatic carbocycles. The van der Waals surface area contributed by atoms with Crippen LogP contribution >= 0.6 is 23.2 Å². The summed E-state index contributed by atoms with van der Waals surface area (Å²) < 4.78 is 0. The molecular formula is C18H19Cl2N3O. The number of piperazine rings is 1. The van der Waals surface area contributed by atoms with E-state index < -0.39 is 0 Å². The molecule has 1 saturated heterocycles. The van der Waals surface area contributed by atoms with Crippen LogP contribution in [0.2, 0.25) is 10.2 Å². The van der Waals surface area contributed by atoms with Gasteiger partial charge in [-0.2, -0.15) is 0 Å². The van der Waals surface area contributed by atoms with Gasteiger partial charge in [-0.05, 0) is 30.7 Å². The normalized spacial score (nSPS) is 16.9. The summed E-state index contributed by atoms with van der Waals surface area (Å²) in [6, 6.07) is 11.5. The highest BCUT2D eigenvalue weighted by atomic mass is 35.5. The molecule has 1 unspecified atom stereocenters. The molecule has 0 saturated carbocycles. The Balaban J connectivity index is 1.63. The van der Waals surface area contributed by atoms with Gasteiger partial charge in [0.1, 0.15) is 5.15 Å². The van der Waals surface area contributed by atoms with Crippen molar-refractivity contribution in [3.05, 3.63) is 63.9 Å². The van der Waals surface area contributed by atoms with Crippen LogP contribution in [0.4, 0.5) is 0 Å². The van der Waals surface area contributed by atoms with Crippen LogP contribution in [-0.2, 0) is 0 Å². The van der Waals surface area contributed by atoms with Crippen molar-refractivity contribution in [2.24, 2.45) is 0 Å². The monoisotopic (exact) mass is 363 g/mol. The van der Waals surface area contributed by atoms with E-state index in [2.05, 4.69) is 22.9 Å². The molecule has 0 spiro atoms. The van der Waals surface area contributed by atoms with Crippen molar-refractivity contribution in [2.45, 2.75) is 13.0 Å². The van der Waals surface area contributed by atoms with Crippen molar-refractivity contribution >= 4 is 29.1 Å². The Morgan fingerprint density at radius 1 is 1.12 bits per heavy atom. The molecule has 1 aromatic heterocycles. The Morgan fingerprint density at radius 3 is 2.50 bits per heavy atom. The predicted molar refractivity (Wildman–Crippen MR) is 96.6 cm³/mol. The maximum absolute atomic E-state index is 12.6. The summed E-state index contributed by atoms with van der Waals surface area (Å²) in [7, 11) is 0. The van der Waals surface area contributed by atoms with Gasteiger partial charge in [0.15, 0.2) is 0 Å². The Kier molecular flexibility index (Phi) is 5.39. The molecule has 0 N–H and O–H groups in total. The van der Waals surface area contributed by atoms with E-state index in [9.17, 15) is 4.79 Å². The Labute approximate surface area is 152 Å². The summed E-state index contributed by atoms with van der Waals surface area (Å²) in [6.45, 7) is 5.16. The Bertz CT molecular complexity index is 730. The van der Waals surface area contributed by atoms with E-state index in [1.165, 1.54) is 0 Å². The lowest BCUT2D eigenvalue weighted by atomic mass is 10.1. The molecule has 2 heterocycles. The lowest BCUT2D eigenvalue weighted by molar-refractivity contribution is 0.0582. The van der Waals surface area contributed by atoms with Gasteiger partial charge < -0.3 is 4.90 Å². The fraction of sp³-hybridized carbons (Fsp3) is 0.333. The summed E-state index contributed by atoms with van der Waals surface area (Å²) >= 11 is 12.2. The van der Waals surface area contributed by atoms with Gasteiger partial charge in [0, 0.05) is 49.0 Å². The van der Waals surface area contributed by atoms with Gasteiger partial charge in [0.05, 0.1) is 0 Å². The first-order chi connectivity index (χ1) is 11.6. The lowest BCUT2D eigenvalue weighted by Crippen LogP contribution is -2.49. The minimum absolute atomic E-state index is 0.00402. The average molecular weight is 364 g/mol. The second-order valence-electron chi connectivity index (χ2n) is 5.89. The molecule has 3 rings (SSSR count). The smallest absolute Gasteiger partial charge is 0.254 e. The van der Waals surface area contributed by atoms with E-state index in [4.69, 9.17) is 23.2 Å².